The van der Waals surface area contributed by atoms with Gasteiger partial charge in [-0.2, -0.15) is 0 Å². The Hall–Kier alpha value is -2.34. The van der Waals surface area contributed by atoms with Crippen LogP contribution in [0.2, 0.25) is 0 Å². The minimum atomic E-state index is -0.188. The number of amides is 2. The lowest BCUT2D eigenvalue weighted by atomic mass is 10.0. The van der Waals surface area contributed by atoms with Crippen LogP contribution in [-0.4, -0.2) is 11.8 Å². The maximum Gasteiger partial charge on any atom is 0.265 e. The van der Waals surface area contributed by atoms with E-state index in [0.29, 0.717) is 35.1 Å². The van der Waals surface area contributed by atoms with Crippen LogP contribution < -0.4 is 16.4 Å². The van der Waals surface area contributed by atoms with Gasteiger partial charge in [0.1, 0.15) is 0 Å². The van der Waals surface area contributed by atoms with Crippen LogP contribution in [0, 0.1) is 5.92 Å². The zero-order valence-electron chi connectivity index (χ0n) is 14.1. The van der Waals surface area contributed by atoms with Crippen LogP contribution in [0.15, 0.2) is 36.4 Å². The van der Waals surface area contributed by atoms with E-state index in [2.05, 4.69) is 10.6 Å². The first-order valence-corrected chi connectivity index (χ1v) is 9.45. The van der Waals surface area contributed by atoms with Crippen LogP contribution in [-0.2, 0) is 11.3 Å². The molecule has 2 aromatic rings. The van der Waals surface area contributed by atoms with E-state index in [-0.39, 0.29) is 11.8 Å². The number of hydrogen-bond donors (Lipinski definition) is 3. The highest BCUT2D eigenvalue weighted by molar-refractivity contribution is 7.14. The highest BCUT2D eigenvalue weighted by Gasteiger charge is 2.18. The van der Waals surface area contributed by atoms with Crippen molar-refractivity contribution in [2.45, 2.75) is 38.6 Å². The minimum Gasteiger partial charge on any atom is -0.397 e. The molecule has 5 nitrogen and oxygen atoms in total. The summed E-state index contributed by atoms with van der Waals surface area (Å²) >= 11 is 1.38. The van der Waals surface area contributed by atoms with Crippen LogP contribution in [0.25, 0.3) is 0 Å². The van der Waals surface area contributed by atoms with Gasteiger partial charge in [0.25, 0.3) is 5.91 Å². The van der Waals surface area contributed by atoms with Crippen molar-refractivity contribution in [3.8, 4) is 0 Å². The zero-order valence-corrected chi connectivity index (χ0v) is 14.9. The molecule has 1 aromatic carbocycles. The summed E-state index contributed by atoms with van der Waals surface area (Å²) < 4.78 is 0. The molecule has 0 bridgehead atoms. The summed E-state index contributed by atoms with van der Waals surface area (Å²) in [6, 6.07) is 10.8. The van der Waals surface area contributed by atoms with Gasteiger partial charge >= 0.3 is 0 Å². The maximum atomic E-state index is 12.3. The Kier molecular flexibility index (Phi) is 5.71. The SMILES string of the molecule is Nc1ccccc1NC(=O)c1ccc(CNC(=O)CC2CCCC2)s1. The average molecular weight is 357 g/mol. The topological polar surface area (TPSA) is 84.2 Å². The monoisotopic (exact) mass is 357 g/mol. The van der Waals surface area contributed by atoms with Crippen molar-refractivity contribution < 1.29 is 9.59 Å². The fraction of sp³-hybridized carbons (Fsp3) is 0.368. The van der Waals surface area contributed by atoms with Gasteiger partial charge in [-0.1, -0.05) is 25.0 Å². The van der Waals surface area contributed by atoms with Crippen molar-refractivity contribution in [2.24, 2.45) is 5.92 Å². The summed E-state index contributed by atoms with van der Waals surface area (Å²) in [4.78, 5) is 25.9. The van der Waals surface area contributed by atoms with Crippen LogP contribution >= 0.6 is 11.3 Å². The number of anilines is 2. The first-order valence-electron chi connectivity index (χ1n) is 8.63. The Labute approximate surface area is 151 Å². The van der Waals surface area contributed by atoms with Crippen LogP contribution in [0.5, 0.6) is 0 Å². The van der Waals surface area contributed by atoms with Gasteiger partial charge in [0, 0.05) is 11.3 Å². The molecule has 0 aliphatic heterocycles. The molecule has 0 saturated heterocycles. The first-order chi connectivity index (χ1) is 12.1. The third-order valence-corrected chi connectivity index (χ3v) is 5.59. The Balaban J connectivity index is 1.50. The van der Waals surface area contributed by atoms with E-state index in [1.807, 2.05) is 18.2 Å². The predicted octanol–water partition coefficient (Wildman–Crippen LogP) is 3.78. The van der Waals surface area contributed by atoms with Gasteiger partial charge in [-0.25, -0.2) is 0 Å². The fourth-order valence-corrected chi connectivity index (χ4v) is 3.97. The van der Waals surface area contributed by atoms with Gasteiger partial charge in [0.2, 0.25) is 5.91 Å². The number of rotatable bonds is 6. The lowest BCUT2D eigenvalue weighted by molar-refractivity contribution is -0.122. The normalized spacial score (nSPS) is 14.4. The van der Waals surface area contributed by atoms with Crippen LogP contribution in [0.4, 0.5) is 11.4 Å². The summed E-state index contributed by atoms with van der Waals surface area (Å²) in [6.45, 7) is 0.469. The number of hydrogen-bond acceptors (Lipinski definition) is 4. The summed E-state index contributed by atoms with van der Waals surface area (Å²) in [6.07, 6.45) is 5.44. The van der Waals surface area contributed by atoms with Gasteiger partial charge in [0.05, 0.1) is 22.8 Å². The molecule has 1 aliphatic carbocycles. The average Bonchev–Trinajstić information content (AvgIpc) is 3.26. The summed E-state index contributed by atoms with van der Waals surface area (Å²) in [5.74, 6) is 0.454. The molecule has 3 rings (SSSR count). The molecular formula is C19H23N3O2S. The zero-order chi connectivity index (χ0) is 17.6. The highest BCUT2D eigenvalue weighted by atomic mass is 32.1. The molecule has 1 heterocycles. The Morgan fingerprint density at radius 1 is 1.12 bits per heavy atom. The molecule has 25 heavy (non-hydrogen) atoms. The number of carbonyl (C=O) groups excluding carboxylic acids is 2. The maximum absolute atomic E-state index is 12.3. The molecule has 0 spiro atoms. The van der Waals surface area contributed by atoms with Gasteiger partial charge in [-0.3, -0.25) is 9.59 Å². The first kappa shape index (κ1) is 17.5. The van der Waals surface area contributed by atoms with Crippen molar-refractivity contribution in [3.05, 3.63) is 46.2 Å². The third kappa shape index (κ3) is 4.82. The molecular weight excluding hydrogens is 334 g/mol. The highest BCUT2D eigenvalue weighted by Crippen LogP contribution is 2.27. The fourth-order valence-electron chi connectivity index (χ4n) is 3.12. The molecule has 1 saturated carbocycles. The quantitative estimate of drug-likeness (QED) is 0.688. The summed E-state index contributed by atoms with van der Waals surface area (Å²) in [5, 5.41) is 5.77. The second-order valence-electron chi connectivity index (χ2n) is 6.44. The van der Waals surface area contributed by atoms with Crippen LogP contribution in [0.1, 0.15) is 46.7 Å². The molecule has 6 heteroatoms. The van der Waals surface area contributed by atoms with Gasteiger partial charge in [-0.05, 0) is 43.0 Å². The number of carbonyl (C=O) groups is 2. The second-order valence-corrected chi connectivity index (χ2v) is 7.61. The molecule has 1 aromatic heterocycles. The van der Waals surface area contributed by atoms with Gasteiger partial charge < -0.3 is 16.4 Å². The van der Waals surface area contributed by atoms with Gasteiger partial charge in [-0.15, -0.1) is 11.3 Å². The molecule has 0 atom stereocenters. The number of thiophene rings is 1. The van der Waals surface area contributed by atoms with E-state index >= 15 is 0 Å². The van der Waals surface area contributed by atoms with Crippen molar-refractivity contribution >= 4 is 34.5 Å². The summed E-state index contributed by atoms with van der Waals surface area (Å²) in [5.41, 5.74) is 6.98. The smallest absolute Gasteiger partial charge is 0.265 e. The number of nitrogen functional groups attached to an aromatic ring is 1. The van der Waals surface area contributed by atoms with E-state index in [0.717, 1.165) is 4.88 Å². The van der Waals surface area contributed by atoms with Gasteiger partial charge in [0.15, 0.2) is 0 Å². The lowest BCUT2D eigenvalue weighted by Gasteiger charge is -2.08. The number of benzene rings is 1. The number of para-hydroxylation sites is 2. The van der Waals surface area contributed by atoms with E-state index in [9.17, 15) is 9.59 Å². The standard InChI is InChI=1S/C19H23N3O2S/c20-15-7-3-4-8-16(15)22-19(24)17-10-9-14(25-17)12-21-18(23)11-13-5-1-2-6-13/h3-4,7-10,13H,1-2,5-6,11-12,20H2,(H,21,23)(H,22,24). The summed E-state index contributed by atoms with van der Waals surface area (Å²) in [7, 11) is 0. The molecule has 132 valence electrons. The van der Waals surface area contributed by atoms with Crippen molar-refractivity contribution in [3.63, 3.8) is 0 Å². The molecule has 2 amide bonds. The molecule has 1 fully saturated rings. The largest absolute Gasteiger partial charge is 0.397 e. The molecule has 0 unspecified atom stereocenters. The Bertz CT molecular complexity index is 751. The molecule has 4 N–H and O–H groups in total. The Morgan fingerprint density at radius 2 is 1.88 bits per heavy atom. The number of nitrogens with one attached hydrogen (secondary N) is 2. The molecule has 1 aliphatic rings. The van der Waals surface area contributed by atoms with Crippen molar-refractivity contribution in [1.82, 2.24) is 5.32 Å². The second kappa shape index (κ2) is 8.16. The van der Waals surface area contributed by atoms with E-state index in [1.165, 1.54) is 37.0 Å². The van der Waals surface area contributed by atoms with E-state index < -0.39 is 0 Å². The number of nitrogens with two attached hydrogens (primary N) is 1. The van der Waals surface area contributed by atoms with E-state index in [4.69, 9.17) is 5.73 Å². The van der Waals surface area contributed by atoms with Crippen LogP contribution in [0.3, 0.4) is 0 Å². The Morgan fingerprint density at radius 3 is 2.64 bits per heavy atom. The van der Waals surface area contributed by atoms with E-state index in [1.54, 1.807) is 18.2 Å². The van der Waals surface area contributed by atoms with Crippen molar-refractivity contribution in [2.75, 3.05) is 11.1 Å². The predicted molar refractivity (Wildman–Crippen MR) is 102 cm³/mol. The van der Waals surface area contributed by atoms with Crippen molar-refractivity contribution in [1.29, 1.82) is 0 Å². The lowest BCUT2D eigenvalue weighted by Crippen LogP contribution is -2.24. The molecule has 0 radical (unpaired) electrons. The third-order valence-electron chi connectivity index (χ3n) is 4.50. The minimum absolute atomic E-state index is 0.100.